The van der Waals surface area contributed by atoms with Crippen LogP contribution in [0.1, 0.15) is 39.2 Å². The molecule has 0 amide bonds. The van der Waals surface area contributed by atoms with E-state index in [1.807, 2.05) is 19.2 Å². The highest BCUT2D eigenvalue weighted by Crippen LogP contribution is 2.42. The van der Waals surface area contributed by atoms with Crippen LogP contribution in [0.25, 0.3) is 0 Å². The smallest absolute Gasteiger partial charge is 0.118 e. The molecule has 1 N–H and O–H groups in total. The van der Waals surface area contributed by atoms with Gasteiger partial charge in [-0.3, -0.25) is 0 Å². The van der Waals surface area contributed by atoms with Crippen molar-refractivity contribution in [3.63, 3.8) is 0 Å². The third-order valence-electron chi connectivity index (χ3n) is 4.97. The van der Waals surface area contributed by atoms with Gasteiger partial charge < -0.3 is 14.8 Å². The number of rotatable bonds is 7. The van der Waals surface area contributed by atoms with Gasteiger partial charge in [-0.1, -0.05) is 26.0 Å². The quantitative estimate of drug-likeness (QED) is 0.835. The first kappa shape index (κ1) is 16.3. The minimum absolute atomic E-state index is 0.239. The van der Waals surface area contributed by atoms with Gasteiger partial charge in [0.2, 0.25) is 0 Å². The molecular weight excluding hydrogens is 262 g/mol. The Hall–Kier alpha value is -1.06. The molecule has 0 heterocycles. The summed E-state index contributed by atoms with van der Waals surface area (Å²) >= 11 is 0. The lowest BCUT2D eigenvalue weighted by atomic mass is 9.64. The summed E-state index contributed by atoms with van der Waals surface area (Å²) in [5.41, 5.74) is 1.61. The van der Waals surface area contributed by atoms with Gasteiger partial charge in [-0.25, -0.2) is 0 Å². The molecule has 1 aromatic rings. The summed E-state index contributed by atoms with van der Waals surface area (Å²) in [4.78, 5) is 0. The van der Waals surface area contributed by atoms with Crippen LogP contribution in [0.2, 0.25) is 0 Å². The number of ether oxygens (including phenoxy) is 2. The Morgan fingerprint density at radius 3 is 2.43 bits per heavy atom. The van der Waals surface area contributed by atoms with Crippen LogP contribution in [0, 0.1) is 5.41 Å². The summed E-state index contributed by atoms with van der Waals surface area (Å²) in [5, 5.41) is 3.76. The predicted molar refractivity (Wildman–Crippen MR) is 86.9 cm³/mol. The summed E-state index contributed by atoms with van der Waals surface area (Å²) in [6.45, 7) is 6.86. The zero-order chi connectivity index (χ0) is 15.5. The second-order valence-corrected chi connectivity index (χ2v) is 6.79. The summed E-state index contributed by atoms with van der Waals surface area (Å²) < 4.78 is 10.7. The van der Waals surface area contributed by atoms with Gasteiger partial charge in [-0.15, -0.1) is 0 Å². The predicted octanol–water partition coefficient (Wildman–Crippen LogP) is 3.42. The second kappa shape index (κ2) is 6.80. The van der Waals surface area contributed by atoms with Crippen LogP contribution >= 0.6 is 0 Å². The van der Waals surface area contributed by atoms with Gasteiger partial charge in [-0.2, -0.15) is 0 Å². The minimum Gasteiger partial charge on any atom is -0.497 e. The molecule has 0 spiro atoms. The Bertz CT molecular complexity index is 441. The second-order valence-electron chi connectivity index (χ2n) is 6.79. The molecule has 0 aliphatic heterocycles. The van der Waals surface area contributed by atoms with E-state index in [1.54, 1.807) is 7.11 Å². The number of methoxy groups -OCH3 is 2. The van der Waals surface area contributed by atoms with Gasteiger partial charge in [-0.05, 0) is 43.9 Å². The molecule has 3 atom stereocenters. The normalized spacial score (nSPS) is 25.2. The Labute approximate surface area is 129 Å². The van der Waals surface area contributed by atoms with Crippen molar-refractivity contribution >= 4 is 0 Å². The van der Waals surface area contributed by atoms with E-state index in [9.17, 15) is 0 Å². The van der Waals surface area contributed by atoms with Crippen LogP contribution in [-0.2, 0) is 11.2 Å². The molecular formula is C18H29NO2. The highest BCUT2D eigenvalue weighted by Gasteiger charge is 2.48. The molecule has 118 valence electrons. The van der Waals surface area contributed by atoms with E-state index >= 15 is 0 Å². The molecule has 0 saturated heterocycles. The third kappa shape index (κ3) is 3.78. The molecule has 3 heteroatoms. The zero-order valence-electron chi connectivity index (χ0n) is 14.0. The summed E-state index contributed by atoms with van der Waals surface area (Å²) in [6.07, 6.45) is 3.76. The summed E-state index contributed by atoms with van der Waals surface area (Å²) in [7, 11) is 3.52. The topological polar surface area (TPSA) is 30.5 Å². The van der Waals surface area contributed by atoms with E-state index in [1.165, 1.54) is 5.56 Å². The van der Waals surface area contributed by atoms with Crippen molar-refractivity contribution < 1.29 is 9.47 Å². The first-order valence-electron chi connectivity index (χ1n) is 7.89. The Morgan fingerprint density at radius 1 is 1.24 bits per heavy atom. The molecule has 2 rings (SSSR count). The van der Waals surface area contributed by atoms with Crippen molar-refractivity contribution in [1.82, 2.24) is 5.32 Å². The van der Waals surface area contributed by atoms with E-state index in [-0.39, 0.29) is 5.41 Å². The average Bonchev–Trinajstić information content (AvgIpc) is 2.49. The SMILES string of the molecule is COc1ccc(CCC(C)NC2CC(OC)C2(C)C)cc1. The molecule has 0 bridgehead atoms. The first-order chi connectivity index (χ1) is 9.97. The highest BCUT2D eigenvalue weighted by molar-refractivity contribution is 5.27. The monoisotopic (exact) mass is 291 g/mol. The van der Waals surface area contributed by atoms with Crippen LogP contribution in [0.4, 0.5) is 0 Å². The van der Waals surface area contributed by atoms with Crippen LogP contribution in [0.5, 0.6) is 5.75 Å². The number of nitrogens with one attached hydrogen (secondary N) is 1. The molecule has 1 saturated carbocycles. The summed E-state index contributed by atoms with van der Waals surface area (Å²) in [5.74, 6) is 0.923. The zero-order valence-corrected chi connectivity index (χ0v) is 14.0. The average molecular weight is 291 g/mol. The largest absolute Gasteiger partial charge is 0.497 e. The Balaban J connectivity index is 1.76. The van der Waals surface area contributed by atoms with E-state index in [0.29, 0.717) is 18.2 Å². The Morgan fingerprint density at radius 2 is 1.90 bits per heavy atom. The summed E-state index contributed by atoms with van der Waals surface area (Å²) in [6, 6.07) is 9.46. The molecule has 1 aromatic carbocycles. The van der Waals surface area contributed by atoms with E-state index < -0.39 is 0 Å². The fourth-order valence-corrected chi connectivity index (χ4v) is 3.17. The van der Waals surface area contributed by atoms with Crippen molar-refractivity contribution in [3.8, 4) is 5.75 Å². The third-order valence-corrected chi connectivity index (χ3v) is 4.97. The minimum atomic E-state index is 0.239. The molecule has 1 aliphatic carbocycles. The fraction of sp³-hybridized carbons (Fsp3) is 0.667. The van der Waals surface area contributed by atoms with Gasteiger partial charge in [0, 0.05) is 24.6 Å². The lowest BCUT2D eigenvalue weighted by Gasteiger charge is -2.52. The van der Waals surface area contributed by atoms with Crippen molar-refractivity contribution in [2.75, 3.05) is 14.2 Å². The molecule has 0 radical (unpaired) electrons. The number of hydrogen-bond acceptors (Lipinski definition) is 3. The van der Waals surface area contributed by atoms with Gasteiger partial charge in [0.15, 0.2) is 0 Å². The Kier molecular flexibility index (Phi) is 5.28. The molecule has 1 fully saturated rings. The van der Waals surface area contributed by atoms with Gasteiger partial charge in [0.25, 0.3) is 0 Å². The number of hydrogen-bond donors (Lipinski definition) is 1. The van der Waals surface area contributed by atoms with Crippen LogP contribution in [-0.4, -0.2) is 32.4 Å². The lowest BCUT2D eigenvalue weighted by molar-refractivity contribution is -0.0999. The molecule has 21 heavy (non-hydrogen) atoms. The number of aryl methyl sites for hydroxylation is 1. The van der Waals surface area contributed by atoms with Crippen molar-refractivity contribution in [2.45, 2.75) is 58.2 Å². The first-order valence-corrected chi connectivity index (χ1v) is 7.89. The molecule has 3 nitrogen and oxygen atoms in total. The number of benzene rings is 1. The van der Waals surface area contributed by atoms with Crippen LogP contribution < -0.4 is 10.1 Å². The maximum absolute atomic E-state index is 5.51. The van der Waals surface area contributed by atoms with Gasteiger partial charge in [0.05, 0.1) is 13.2 Å². The van der Waals surface area contributed by atoms with E-state index in [0.717, 1.165) is 25.0 Å². The van der Waals surface area contributed by atoms with Gasteiger partial charge in [0.1, 0.15) is 5.75 Å². The van der Waals surface area contributed by atoms with Crippen LogP contribution in [0.15, 0.2) is 24.3 Å². The molecule has 3 unspecified atom stereocenters. The fourth-order valence-electron chi connectivity index (χ4n) is 3.17. The maximum Gasteiger partial charge on any atom is 0.118 e. The lowest BCUT2D eigenvalue weighted by Crippen LogP contribution is -2.62. The van der Waals surface area contributed by atoms with E-state index in [2.05, 4.69) is 38.2 Å². The van der Waals surface area contributed by atoms with Crippen LogP contribution in [0.3, 0.4) is 0 Å². The standard InChI is InChI=1S/C18H29NO2/c1-13(19-16-12-17(21-5)18(16,2)3)6-7-14-8-10-15(20-4)11-9-14/h8-11,13,16-17,19H,6-7,12H2,1-5H3. The molecule has 0 aromatic heterocycles. The molecule has 1 aliphatic rings. The van der Waals surface area contributed by atoms with E-state index in [4.69, 9.17) is 9.47 Å². The van der Waals surface area contributed by atoms with Crippen molar-refractivity contribution in [3.05, 3.63) is 29.8 Å². The van der Waals surface area contributed by atoms with Crippen molar-refractivity contribution in [2.24, 2.45) is 5.41 Å². The van der Waals surface area contributed by atoms with Crippen molar-refractivity contribution in [1.29, 1.82) is 0 Å². The van der Waals surface area contributed by atoms with Gasteiger partial charge >= 0.3 is 0 Å². The maximum atomic E-state index is 5.51. The highest BCUT2D eigenvalue weighted by atomic mass is 16.5.